The highest BCUT2D eigenvalue weighted by atomic mass is 16.5. The van der Waals surface area contributed by atoms with Crippen LogP contribution in [0.1, 0.15) is 10.4 Å². The number of nitrogens with zero attached hydrogens (tertiary/aromatic N) is 3. The fourth-order valence-electron chi connectivity index (χ4n) is 2.74. The molecule has 1 fully saturated rings. The number of hydrogen-bond acceptors (Lipinski definition) is 9. The highest BCUT2D eigenvalue weighted by molar-refractivity contribution is 5.90. The Morgan fingerprint density at radius 1 is 1.22 bits per heavy atom. The number of morpholine rings is 1. The van der Waals surface area contributed by atoms with Gasteiger partial charge in [0.15, 0.2) is 11.6 Å². The van der Waals surface area contributed by atoms with Gasteiger partial charge in [0.25, 0.3) is 0 Å². The molecule has 0 unspecified atom stereocenters. The van der Waals surface area contributed by atoms with E-state index in [9.17, 15) is 4.79 Å². The number of anilines is 4. The molecular weight excluding hydrogens is 348 g/mol. The standard InChI is InChI=1S/C18H24N6O3/c1-26-18(25)13-2-4-14(5-3-13)23-17-15(19)16(21-12-22-17)20-6-7-24-8-10-27-11-9-24/h2-5,12H,6-11,19H2,1H3,(H2,20,21,22,23). The van der Waals surface area contributed by atoms with Crippen molar-refractivity contribution in [1.29, 1.82) is 0 Å². The minimum atomic E-state index is -0.380. The van der Waals surface area contributed by atoms with Crippen molar-refractivity contribution in [3.05, 3.63) is 36.2 Å². The first-order valence-corrected chi connectivity index (χ1v) is 8.77. The summed E-state index contributed by atoms with van der Waals surface area (Å²) in [5, 5.41) is 6.40. The van der Waals surface area contributed by atoms with E-state index in [-0.39, 0.29) is 5.97 Å². The maximum absolute atomic E-state index is 11.5. The van der Waals surface area contributed by atoms with Gasteiger partial charge in [-0.05, 0) is 24.3 Å². The third kappa shape index (κ3) is 5.05. The third-order valence-corrected chi connectivity index (χ3v) is 4.28. The lowest BCUT2D eigenvalue weighted by Gasteiger charge is -2.26. The number of nitrogens with one attached hydrogen (secondary N) is 2. The molecular formula is C18H24N6O3. The number of esters is 1. The Labute approximate surface area is 157 Å². The number of nitrogens with two attached hydrogens (primary N) is 1. The number of methoxy groups -OCH3 is 1. The van der Waals surface area contributed by atoms with Gasteiger partial charge in [0.1, 0.15) is 12.0 Å². The lowest BCUT2D eigenvalue weighted by molar-refractivity contribution is 0.0398. The predicted molar refractivity (Wildman–Crippen MR) is 103 cm³/mol. The number of aromatic nitrogens is 2. The minimum Gasteiger partial charge on any atom is -0.465 e. The van der Waals surface area contributed by atoms with Gasteiger partial charge in [0.2, 0.25) is 0 Å². The Morgan fingerprint density at radius 3 is 2.63 bits per heavy atom. The highest BCUT2D eigenvalue weighted by Gasteiger charge is 2.12. The Kier molecular flexibility index (Phi) is 6.39. The summed E-state index contributed by atoms with van der Waals surface area (Å²) in [6.07, 6.45) is 1.46. The van der Waals surface area contributed by atoms with E-state index in [1.54, 1.807) is 24.3 Å². The van der Waals surface area contributed by atoms with Crippen LogP contribution in [0.2, 0.25) is 0 Å². The molecule has 1 saturated heterocycles. The topological polar surface area (TPSA) is 115 Å². The maximum Gasteiger partial charge on any atom is 0.337 e. The summed E-state index contributed by atoms with van der Waals surface area (Å²) >= 11 is 0. The molecule has 0 spiro atoms. The van der Waals surface area contributed by atoms with Crippen LogP contribution in [0.5, 0.6) is 0 Å². The third-order valence-electron chi connectivity index (χ3n) is 4.28. The van der Waals surface area contributed by atoms with Crippen LogP contribution >= 0.6 is 0 Å². The molecule has 1 aromatic carbocycles. The molecule has 0 radical (unpaired) electrons. The van der Waals surface area contributed by atoms with Crippen molar-refractivity contribution in [2.45, 2.75) is 0 Å². The summed E-state index contributed by atoms with van der Waals surface area (Å²) in [4.78, 5) is 22.2. The summed E-state index contributed by atoms with van der Waals surface area (Å²) < 4.78 is 10.0. The quantitative estimate of drug-likeness (QED) is 0.619. The van der Waals surface area contributed by atoms with Crippen molar-refractivity contribution < 1.29 is 14.3 Å². The first kappa shape index (κ1) is 18.9. The SMILES string of the molecule is COC(=O)c1ccc(Nc2ncnc(NCCN3CCOCC3)c2N)cc1. The second-order valence-corrected chi connectivity index (χ2v) is 6.06. The summed E-state index contributed by atoms with van der Waals surface area (Å²) in [6, 6.07) is 6.87. The number of carbonyl (C=O) groups is 1. The molecule has 1 aromatic heterocycles. The fourth-order valence-corrected chi connectivity index (χ4v) is 2.74. The van der Waals surface area contributed by atoms with Crippen molar-refractivity contribution in [2.24, 2.45) is 0 Å². The molecule has 2 aromatic rings. The highest BCUT2D eigenvalue weighted by Crippen LogP contribution is 2.25. The molecule has 0 saturated carbocycles. The Balaban J connectivity index is 1.59. The second-order valence-electron chi connectivity index (χ2n) is 6.06. The molecule has 4 N–H and O–H groups in total. The van der Waals surface area contributed by atoms with Crippen molar-refractivity contribution in [3.8, 4) is 0 Å². The van der Waals surface area contributed by atoms with Gasteiger partial charge in [0.05, 0.1) is 25.9 Å². The zero-order valence-electron chi connectivity index (χ0n) is 15.3. The molecule has 2 heterocycles. The van der Waals surface area contributed by atoms with Gasteiger partial charge in [-0.3, -0.25) is 4.90 Å². The fraction of sp³-hybridized carbons (Fsp3) is 0.389. The first-order valence-electron chi connectivity index (χ1n) is 8.77. The zero-order valence-corrected chi connectivity index (χ0v) is 15.3. The zero-order chi connectivity index (χ0) is 19.1. The van der Waals surface area contributed by atoms with E-state index in [4.69, 9.17) is 15.2 Å². The molecule has 9 heteroatoms. The molecule has 0 aliphatic carbocycles. The van der Waals surface area contributed by atoms with E-state index in [1.807, 2.05) is 0 Å². The van der Waals surface area contributed by atoms with Gasteiger partial charge in [-0.25, -0.2) is 14.8 Å². The number of ether oxygens (including phenoxy) is 2. The summed E-state index contributed by atoms with van der Waals surface area (Å²) in [5.41, 5.74) is 7.87. The number of benzene rings is 1. The van der Waals surface area contributed by atoms with Crippen LogP contribution in [0, 0.1) is 0 Å². The number of hydrogen-bond donors (Lipinski definition) is 3. The van der Waals surface area contributed by atoms with Crippen LogP contribution in [-0.2, 0) is 9.47 Å². The maximum atomic E-state index is 11.5. The molecule has 0 amide bonds. The van der Waals surface area contributed by atoms with Gasteiger partial charge in [-0.2, -0.15) is 0 Å². The normalized spacial score (nSPS) is 14.6. The second kappa shape index (κ2) is 9.15. The van der Waals surface area contributed by atoms with Crippen LogP contribution in [0.15, 0.2) is 30.6 Å². The van der Waals surface area contributed by atoms with E-state index in [1.165, 1.54) is 13.4 Å². The summed E-state index contributed by atoms with van der Waals surface area (Å²) in [5.74, 6) is 0.714. The predicted octanol–water partition coefficient (Wildman–Crippen LogP) is 1.33. The van der Waals surface area contributed by atoms with Crippen molar-refractivity contribution in [2.75, 3.05) is 62.9 Å². The van der Waals surface area contributed by atoms with Crippen LogP contribution in [0.3, 0.4) is 0 Å². The Hall–Kier alpha value is -2.91. The average molecular weight is 372 g/mol. The monoisotopic (exact) mass is 372 g/mol. The van der Waals surface area contributed by atoms with Crippen LogP contribution in [-0.4, -0.2) is 67.3 Å². The van der Waals surface area contributed by atoms with E-state index in [0.29, 0.717) is 22.9 Å². The number of rotatable bonds is 7. The van der Waals surface area contributed by atoms with Crippen molar-refractivity contribution in [1.82, 2.24) is 14.9 Å². The summed E-state index contributed by atoms with van der Waals surface area (Å²) in [7, 11) is 1.35. The summed E-state index contributed by atoms with van der Waals surface area (Å²) in [6.45, 7) is 5.06. The molecule has 0 atom stereocenters. The molecule has 144 valence electrons. The van der Waals surface area contributed by atoms with E-state index < -0.39 is 0 Å². The smallest absolute Gasteiger partial charge is 0.337 e. The minimum absolute atomic E-state index is 0.380. The van der Waals surface area contributed by atoms with Crippen LogP contribution < -0.4 is 16.4 Å². The van der Waals surface area contributed by atoms with Crippen molar-refractivity contribution >= 4 is 29.0 Å². The Morgan fingerprint density at radius 2 is 1.93 bits per heavy atom. The molecule has 27 heavy (non-hydrogen) atoms. The van der Waals surface area contributed by atoms with E-state index in [2.05, 4.69) is 25.5 Å². The molecule has 1 aliphatic heterocycles. The van der Waals surface area contributed by atoms with Crippen LogP contribution in [0.4, 0.5) is 23.0 Å². The number of nitrogen functional groups attached to an aromatic ring is 1. The number of carbonyl (C=O) groups excluding carboxylic acids is 1. The van der Waals surface area contributed by atoms with Gasteiger partial charge >= 0.3 is 5.97 Å². The van der Waals surface area contributed by atoms with E-state index in [0.717, 1.165) is 45.1 Å². The lowest BCUT2D eigenvalue weighted by Crippen LogP contribution is -2.39. The van der Waals surface area contributed by atoms with Gasteiger partial charge < -0.3 is 25.8 Å². The van der Waals surface area contributed by atoms with Gasteiger partial charge in [-0.15, -0.1) is 0 Å². The van der Waals surface area contributed by atoms with Gasteiger partial charge in [0, 0.05) is 31.9 Å². The Bertz CT molecular complexity index is 762. The average Bonchev–Trinajstić information content (AvgIpc) is 2.71. The van der Waals surface area contributed by atoms with Gasteiger partial charge in [-0.1, -0.05) is 0 Å². The molecule has 1 aliphatic rings. The largest absolute Gasteiger partial charge is 0.465 e. The van der Waals surface area contributed by atoms with E-state index >= 15 is 0 Å². The van der Waals surface area contributed by atoms with Crippen molar-refractivity contribution in [3.63, 3.8) is 0 Å². The molecule has 3 rings (SSSR count). The van der Waals surface area contributed by atoms with Crippen LogP contribution in [0.25, 0.3) is 0 Å². The molecule has 0 bridgehead atoms. The lowest BCUT2D eigenvalue weighted by atomic mass is 10.2. The first-order chi connectivity index (χ1) is 13.2. The molecule has 9 nitrogen and oxygen atoms in total.